The standard InChI is InChI=1S/C13H11ClN2O3S/c14-11-9-4-3-8(16(18)19)7-10(9)20-12(11)13(17)15-5-1-2-6-15/h3-4,7H,1-2,5-6H2. The van der Waals surface area contributed by atoms with E-state index in [1.165, 1.54) is 23.5 Å². The first-order valence-corrected chi connectivity index (χ1v) is 7.43. The van der Waals surface area contributed by atoms with E-state index < -0.39 is 4.92 Å². The lowest BCUT2D eigenvalue weighted by atomic mass is 10.2. The minimum atomic E-state index is -0.449. The predicted molar refractivity (Wildman–Crippen MR) is 78.6 cm³/mol. The van der Waals surface area contributed by atoms with Crippen LogP contribution >= 0.6 is 22.9 Å². The Morgan fingerprint density at radius 2 is 2.05 bits per heavy atom. The molecule has 0 unspecified atom stereocenters. The van der Waals surface area contributed by atoms with Crippen molar-refractivity contribution in [1.82, 2.24) is 4.90 Å². The van der Waals surface area contributed by atoms with Crippen LogP contribution in [0.15, 0.2) is 18.2 Å². The molecule has 0 aliphatic carbocycles. The van der Waals surface area contributed by atoms with Gasteiger partial charge in [-0.15, -0.1) is 11.3 Å². The van der Waals surface area contributed by atoms with E-state index >= 15 is 0 Å². The molecule has 2 heterocycles. The Bertz CT molecular complexity index is 707. The van der Waals surface area contributed by atoms with Crippen molar-refractivity contribution in [2.24, 2.45) is 0 Å². The maximum absolute atomic E-state index is 12.4. The van der Waals surface area contributed by atoms with Gasteiger partial charge in [-0.2, -0.15) is 0 Å². The van der Waals surface area contributed by atoms with Crippen LogP contribution in [-0.4, -0.2) is 28.8 Å². The molecule has 5 nitrogen and oxygen atoms in total. The van der Waals surface area contributed by atoms with Gasteiger partial charge in [-0.25, -0.2) is 0 Å². The number of benzene rings is 1. The monoisotopic (exact) mass is 310 g/mol. The summed E-state index contributed by atoms with van der Waals surface area (Å²) in [7, 11) is 0. The second kappa shape index (κ2) is 5.03. The number of nitrogens with zero attached hydrogens (tertiary/aromatic N) is 2. The van der Waals surface area contributed by atoms with Crippen LogP contribution in [0, 0.1) is 10.1 Å². The van der Waals surface area contributed by atoms with E-state index in [2.05, 4.69) is 0 Å². The number of nitro benzene ring substituents is 1. The smallest absolute Gasteiger partial charge is 0.270 e. The van der Waals surface area contributed by atoms with Crippen LogP contribution in [0.25, 0.3) is 10.1 Å². The zero-order valence-corrected chi connectivity index (χ0v) is 12.0. The lowest BCUT2D eigenvalue weighted by Gasteiger charge is -2.13. The van der Waals surface area contributed by atoms with Crippen molar-refractivity contribution in [2.75, 3.05) is 13.1 Å². The van der Waals surface area contributed by atoms with E-state index in [-0.39, 0.29) is 11.6 Å². The number of carbonyl (C=O) groups excluding carboxylic acids is 1. The number of fused-ring (bicyclic) bond motifs is 1. The number of nitro groups is 1. The summed E-state index contributed by atoms with van der Waals surface area (Å²) in [5, 5.41) is 11.9. The Morgan fingerprint density at radius 1 is 1.35 bits per heavy atom. The second-order valence-electron chi connectivity index (χ2n) is 4.68. The zero-order valence-electron chi connectivity index (χ0n) is 10.5. The summed E-state index contributed by atoms with van der Waals surface area (Å²) in [4.78, 5) is 25.0. The molecule has 2 aromatic rings. The van der Waals surface area contributed by atoms with E-state index in [1.54, 1.807) is 11.0 Å². The molecule has 20 heavy (non-hydrogen) atoms. The maximum atomic E-state index is 12.4. The van der Waals surface area contributed by atoms with Gasteiger partial charge in [0, 0.05) is 35.3 Å². The minimum absolute atomic E-state index is 0.00980. The lowest BCUT2D eigenvalue weighted by molar-refractivity contribution is -0.384. The van der Waals surface area contributed by atoms with Crippen molar-refractivity contribution in [3.63, 3.8) is 0 Å². The van der Waals surface area contributed by atoms with Gasteiger partial charge in [0.2, 0.25) is 0 Å². The molecule has 0 bridgehead atoms. The van der Waals surface area contributed by atoms with Crippen molar-refractivity contribution in [1.29, 1.82) is 0 Å². The first kappa shape index (κ1) is 13.3. The average molecular weight is 311 g/mol. The molecule has 0 radical (unpaired) electrons. The quantitative estimate of drug-likeness (QED) is 0.627. The van der Waals surface area contributed by atoms with Gasteiger partial charge in [0.05, 0.1) is 9.95 Å². The summed E-state index contributed by atoms with van der Waals surface area (Å²) >= 11 is 7.48. The molecule has 1 aliphatic heterocycles. The Hall–Kier alpha value is -1.66. The number of non-ortho nitro benzene ring substituents is 1. The molecule has 1 aliphatic rings. The van der Waals surface area contributed by atoms with E-state index in [4.69, 9.17) is 11.6 Å². The highest BCUT2D eigenvalue weighted by molar-refractivity contribution is 7.21. The van der Waals surface area contributed by atoms with Crippen molar-refractivity contribution >= 4 is 44.6 Å². The highest BCUT2D eigenvalue weighted by Gasteiger charge is 2.25. The molecular formula is C13H11ClN2O3S. The number of hydrogen-bond acceptors (Lipinski definition) is 4. The number of likely N-dealkylation sites (tertiary alicyclic amines) is 1. The SMILES string of the molecule is O=C(c1sc2cc([N+](=O)[O-])ccc2c1Cl)N1CCCC1. The topological polar surface area (TPSA) is 63.4 Å². The molecule has 0 N–H and O–H groups in total. The zero-order chi connectivity index (χ0) is 14.3. The summed E-state index contributed by atoms with van der Waals surface area (Å²) in [5.41, 5.74) is 0.00980. The molecule has 0 spiro atoms. The highest BCUT2D eigenvalue weighted by atomic mass is 35.5. The first-order valence-electron chi connectivity index (χ1n) is 6.23. The molecule has 0 atom stereocenters. The largest absolute Gasteiger partial charge is 0.338 e. The van der Waals surface area contributed by atoms with Crippen LogP contribution in [0.5, 0.6) is 0 Å². The Labute approximate surface area is 123 Å². The lowest BCUT2D eigenvalue weighted by Crippen LogP contribution is -2.26. The van der Waals surface area contributed by atoms with Crippen molar-refractivity contribution < 1.29 is 9.72 Å². The van der Waals surface area contributed by atoms with Crippen LogP contribution < -0.4 is 0 Å². The number of halogens is 1. The van der Waals surface area contributed by atoms with Gasteiger partial charge >= 0.3 is 0 Å². The van der Waals surface area contributed by atoms with Crippen LogP contribution in [0.4, 0.5) is 5.69 Å². The molecule has 104 valence electrons. The average Bonchev–Trinajstić information content (AvgIpc) is 3.06. The normalized spacial score (nSPS) is 14.9. The number of amides is 1. The molecule has 0 saturated carbocycles. The third-order valence-electron chi connectivity index (χ3n) is 3.41. The van der Waals surface area contributed by atoms with Gasteiger partial charge in [-0.3, -0.25) is 14.9 Å². The Balaban J connectivity index is 2.05. The van der Waals surface area contributed by atoms with Crippen LogP contribution in [-0.2, 0) is 0 Å². The maximum Gasteiger partial charge on any atom is 0.270 e. The molecular weight excluding hydrogens is 300 g/mol. The number of carbonyl (C=O) groups is 1. The fraction of sp³-hybridized carbons (Fsp3) is 0.308. The van der Waals surface area contributed by atoms with Crippen molar-refractivity contribution in [2.45, 2.75) is 12.8 Å². The summed E-state index contributed by atoms with van der Waals surface area (Å²) in [6.45, 7) is 1.51. The van der Waals surface area contributed by atoms with Crippen LogP contribution in [0.1, 0.15) is 22.5 Å². The third kappa shape index (κ3) is 2.14. The highest BCUT2D eigenvalue weighted by Crippen LogP contribution is 2.38. The molecule has 7 heteroatoms. The van der Waals surface area contributed by atoms with Gasteiger partial charge in [0.15, 0.2) is 0 Å². The summed E-state index contributed by atoms with van der Waals surface area (Å²) in [6.07, 6.45) is 2.03. The number of thiophene rings is 1. The summed E-state index contributed by atoms with van der Waals surface area (Å²) in [5.74, 6) is -0.0728. The fourth-order valence-corrected chi connectivity index (χ4v) is 3.88. The first-order chi connectivity index (χ1) is 9.58. The molecule has 1 aromatic heterocycles. The van der Waals surface area contributed by atoms with E-state index in [9.17, 15) is 14.9 Å². The molecule has 1 saturated heterocycles. The number of hydrogen-bond donors (Lipinski definition) is 0. The summed E-state index contributed by atoms with van der Waals surface area (Å²) < 4.78 is 0.673. The molecule has 1 fully saturated rings. The van der Waals surface area contributed by atoms with E-state index in [0.29, 0.717) is 20.0 Å². The minimum Gasteiger partial charge on any atom is -0.338 e. The molecule has 1 amide bonds. The van der Waals surface area contributed by atoms with Gasteiger partial charge < -0.3 is 4.90 Å². The van der Waals surface area contributed by atoms with E-state index in [0.717, 1.165) is 25.9 Å². The number of rotatable bonds is 2. The summed E-state index contributed by atoms with van der Waals surface area (Å²) in [6, 6.07) is 4.48. The second-order valence-corrected chi connectivity index (χ2v) is 6.11. The van der Waals surface area contributed by atoms with Crippen LogP contribution in [0.2, 0.25) is 5.02 Å². The van der Waals surface area contributed by atoms with E-state index in [1.807, 2.05) is 0 Å². The van der Waals surface area contributed by atoms with Crippen molar-refractivity contribution in [3.8, 4) is 0 Å². The Kier molecular flexibility index (Phi) is 3.35. The van der Waals surface area contributed by atoms with Gasteiger partial charge in [0.1, 0.15) is 4.88 Å². The Morgan fingerprint density at radius 3 is 2.70 bits per heavy atom. The fourth-order valence-electron chi connectivity index (χ4n) is 2.37. The van der Waals surface area contributed by atoms with Gasteiger partial charge in [-0.05, 0) is 18.9 Å². The van der Waals surface area contributed by atoms with Gasteiger partial charge in [-0.1, -0.05) is 11.6 Å². The van der Waals surface area contributed by atoms with Crippen molar-refractivity contribution in [3.05, 3.63) is 38.2 Å². The molecule has 3 rings (SSSR count). The predicted octanol–water partition coefficient (Wildman–Crippen LogP) is 3.70. The van der Waals surface area contributed by atoms with Crippen LogP contribution in [0.3, 0.4) is 0 Å². The van der Waals surface area contributed by atoms with Gasteiger partial charge in [0.25, 0.3) is 11.6 Å². The third-order valence-corrected chi connectivity index (χ3v) is 5.06. The molecule has 1 aromatic carbocycles.